The Labute approximate surface area is 144 Å². The molecule has 0 bridgehead atoms. The van der Waals surface area contributed by atoms with Crippen LogP contribution >= 0.6 is 39.1 Å². The van der Waals surface area contributed by atoms with E-state index < -0.39 is 0 Å². The molecular formula is C15H7BrCl2N2O2. The summed E-state index contributed by atoms with van der Waals surface area (Å²) in [4.78, 5) is 28.8. The molecule has 7 heteroatoms. The second-order valence-corrected chi connectivity index (χ2v) is 6.20. The molecule has 0 atom stereocenters. The molecule has 1 aromatic carbocycles. The maximum Gasteiger partial charge on any atom is 0.221 e. The van der Waals surface area contributed by atoms with Crippen molar-refractivity contribution in [1.82, 2.24) is 4.98 Å². The van der Waals surface area contributed by atoms with Crippen LogP contribution in [0, 0.1) is 0 Å². The number of Topliss-reactive ketones (excluding diaryl/α,β-unsaturated/α-hetero) is 2. The second-order valence-electron chi connectivity index (χ2n) is 4.53. The van der Waals surface area contributed by atoms with Gasteiger partial charge in [-0.1, -0.05) is 23.2 Å². The van der Waals surface area contributed by atoms with E-state index in [0.717, 1.165) is 0 Å². The van der Waals surface area contributed by atoms with Crippen molar-refractivity contribution in [3.8, 4) is 0 Å². The lowest BCUT2D eigenvalue weighted by Crippen LogP contribution is -2.25. The van der Waals surface area contributed by atoms with Gasteiger partial charge in [0.1, 0.15) is 11.4 Å². The summed E-state index contributed by atoms with van der Waals surface area (Å²) in [5.41, 5.74) is 1.03. The Balaban J connectivity index is 2.05. The first-order valence-electron chi connectivity index (χ1n) is 6.14. The third kappa shape index (κ3) is 2.67. The smallest absolute Gasteiger partial charge is 0.221 e. The van der Waals surface area contributed by atoms with E-state index in [1.165, 1.54) is 6.20 Å². The molecule has 0 fully saturated rings. The van der Waals surface area contributed by atoms with Crippen molar-refractivity contribution in [1.29, 1.82) is 0 Å². The largest absolute Gasteiger partial charge is 0.351 e. The van der Waals surface area contributed by atoms with E-state index in [1.54, 1.807) is 30.3 Å². The molecule has 0 spiro atoms. The Morgan fingerprint density at radius 2 is 1.73 bits per heavy atom. The normalized spacial score (nSPS) is 14.1. The molecule has 110 valence electrons. The van der Waals surface area contributed by atoms with Gasteiger partial charge in [-0.2, -0.15) is 0 Å². The molecule has 0 unspecified atom stereocenters. The van der Waals surface area contributed by atoms with Crippen molar-refractivity contribution in [2.24, 2.45) is 0 Å². The zero-order valence-electron chi connectivity index (χ0n) is 10.9. The first-order valence-corrected chi connectivity index (χ1v) is 7.69. The Bertz CT molecular complexity index is 829. The summed E-state index contributed by atoms with van der Waals surface area (Å²) in [6.07, 6.45) is 1.47. The van der Waals surface area contributed by atoms with Crippen LogP contribution in [0.1, 0.15) is 20.8 Å². The topological polar surface area (TPSA) is 59.1 Å². The highest BCUT2D eigenvalue weighted by molar-refractivity contribution is 9.12. The highest BCUT2D eigenvalue weighted by Crippen LogP contribution is 2.31. The van der Waals surface area contributed by atoms with E-state index in [2.05, 4.69) is 26.2 Å². The van der Waals surface area contributed by atoms with Gasteiger partial charge in [0.2, 0.25) is 11.6 Å². The molecule has 1 aliphatic carbocycles. The van der Waals surface area contributed by atoms with Crippen LogP contribution < -0.4 is 5.32 Å². The molecule has 22 heavy (non-hydrogen) atoms. The molecule has 0 radical (unpaired) electrons. The average molecular weight is 398 g/mol. The molecule has 1 aromatic heterocycles. The van der Waals surface area contributed by atoms with E-state index in [1.807, 2.05) is 0 Å². The highest BCUT2D eigenvalue weighted by Gasteiger charge is 2.32. The molecule has 1 heterocycles. The van der Waals surface area contributed by atoms with Gasteiger partial charge in [-0.3, -0.25) is 14.6 Å². The minimum absolute atomic E-state index is 0.125. The highest BCUT2D eigenvalue weighted by atomic mass is 79.9. The number of nitrogens with zero attached hydrogens (tertiary/aromatic N) is 1. The number of carbonyl (C=O) groups excluding carboxylic acids is 2. The molecule has 1 aliphatic rings. The number of nitrogens with one attached hydrogen (secondary N) is 1. The fourth-order valence-electron chi connectivity index (χ4n) is 2.10. The van der Waals surface area contributed by atoms with Gasteiger partial charge < -0.3 is 5.32 Å². The summed E-state index contributed by atoms with van der Waals surface area (Å²) < 4.78 is 0.125. The minimum Gasteiger partial charge on any atom is -0.351 e. The lowest BCUT2D eigenvalue weighted by Gasteiger charge is -2.18. The van der Waals surface area contributed by atoms with Crippen LogP contribution in [-0.4, -0.2) is 16.6 Å². The predicted octanol–water partition coefficient (Wildman–Crippen LogP) is 4.49. The lowest BCUT2D eigenvalue weighted by atomic mass is 9.97. The van der Waals surface area contributed by atoms with E-state index in [0.29, 0.717) is 15.7 Å². The predicted molar refractivity (Wildman–Crippen MR) is 88.9 cm³/mol. The molecule has 3 rings (SSSR count). The number of allylic oxidation sites excluding steroid dienone is 2. The van der Waals surface area contributed by atoms with Crippen LogP contribution in [-0.2, 0) is 0 Å². The number of benzene rings is 1. The average Bonchev–Trinajstić information content (AvgIpc) is 2.48. The van der Waals surface area contributed by atoms with Gasteiger partial charge in [-0.25, -0.2) is 0 Å². The van der Waals surface area contributed by atoms with Crippen molar-refractivity contribution in [3.63, 3.8) is 0 Å². The molecule has 1 N–H and O–H groups in total. The van der Waals surface area contributed by atoms with Crippen LogP contribution in [0.5, 0.6) is 0 Å². The fourth-order valence-corrected chi connectivity index (χ4v) is 3.10. The van der Waals surface area contributed by atoms with Gasteiger partial charge in [0.15, 0.2) is 0 Å². The Hall–Kier alpha value is -1.69. The summed E-state index contributed by atoms with van der Waals surface area (Å²) in [6, 6.07) is 7.96. The number of rotatable bonds is 2. The van der Waals surface area contributed by atoms with Crippen molar-refractivity contribution < 1.29 is 9.59 Å². The number of carbonyl (C=O) groups is 2. The maximum atomic E-state index is 12.5. The van der Waals surface area contributed by atoms with Gasteiger partial charge in [-0.15, -0.1) is 0 Å². The number of aromatic nitrogens is 1. The Kier molecular flexibility index (Phi) is 4.04. The second kappa shape index (κ2) is 5.83. The quantitative estimate of drug-likeness (QED) is 0.811. The summed E-state index contributed by atoms with van der Waals surface area (Å²) in [5, 5.41) is 3.74. The number of halogens is 3. The number of pyridine rings is 1. The summed E-state index contributed by atoms with van der Waals surface area (Å²) in [5.74, 6) is -0.684. The van der Waals surface area contributed by atoms with Crippen LogP contribution in [0.4, 0.5) is 5.69 Å². The van der Waals surface area contributed by atoms with Gasteiger partial charge in [0.25, 0.3) is 0 Å². The standard InChI is InChI=1S/C15H7BrCl2N2O2/c16-11-13(20-9-5-7(17)4-8(18)6-9)14(21)10-2-1-3-19-12(10)15(11)22/h1-6,20H. The molecule has 2 aromatic rings. The van der Waals surface area contributed by atoms with Gasteiger partial charge in [-0.05, 0) is 46.3 Å². The Morgan fingerprint density at radius 1 is 1.05 bits per heavy atom. The molecular weight excluding hydrogens is 391 g/mol. The minimum atomic E-state index is -0.356. The zero-order valence-corrected chi connectivity index (χ0v) is 14.0. The monoisotopic (exact) mass is 396 g/mol. The van der Waals surface area contributed by atoms with Crippen molar-refractivity contribution in [2.75, 3.05) is 5.32 Å². The van der Waals surface area contributed by atoms with Crippen molar-refractivity contribution in [2.45, 2.75) is 0 Å². The third-order valence-corrected chi connectivity index (χ3v) is 4.24. The molecule has 0 aliphatic heterocycles. The third-order valence-electron chi connectivity index (χ3n) is 3.05. The number of anilines is 1. The zero-order chi connectivity index (χ0) is 15.9. The molecule has 4 nitrogen and oxygen atoms in total. The van der Waals surface area contributed by atoms with E-state index >= 15 is 0 Å². The number of hydrogen-bond donors (Lipinski definition) is 1. The summed E-state index contributed by atoms with van der Waals surface area (Å²) in [6.45, 7) is 0. The van der Waals surface area contributed by atoms with Crippen molar-refractivity contribution in [3.05, 3.63) is 68.0 Å². The van der Waals surface area contributed by atoms with Crippen LogP contribution in [0.2, 0.25) is 10.0 Å². The first-order chi connectivity index (χ1) is 10.5. The van der Waals surface area contributed by atoms with Crippen molar-refractivity contribution >= 4 is 56.4 Å². The van der Waals surface area contributed by atoms with Gasteiger partial charge in [0, 0.05) is 21.9 Å². The van der Waals surface area contributed by atoms with Gasteiger partial charge >= 0.3 is 0 Å². The van der Waals surface area contributed by atoms with E-state index in [4.69, 9.17) is 23.2 Å². The maximum absolute atomic E-state index is 12.5. The lowest BCUT2D eigenvalue weighted by molar-refractivity contribution is 0.0979. The fraction of sp³-hybridized carbons (Fsp3) is 0. The SMILES string of the molecule is O=C1C(Nc2cc(Cl)cc(Cl)c2)=C(Br)C(=O)c2ncccc21. The molecule has 0 amide bonds. The van der Waals surface area contributed by atoms with Crippen LogP contribution in [0.15, 0.2) is 46.7 Å². The number of ketones is 2. The summed E-state index contributed by atoms with van der Waals surface area (Å²) >= 11 is 15.0. The Morgan fingerprint density at radius 3 is 2.41 bits per heavy atom. The number of hydrogen-bond acceptors (Lipinski definition) is 4. The van der Waals surface area contributed by atoms with E-state index in [-0.39, 0.29) is 33.0 Å². The molecule has 0 saturated carbocycles. The summed E-state index contributed by atoms with van der Waals surface area (Å²) in [7, 11) is 0. The van der Waals surface area contributed by atoms with Crippen LogP contribution in [0.3, 0.4) is 0 Å². The van der Waals surface area contributed by atoms with E-state index in [9.17, 15) is 9.59 Å². The first kappa shape index (κ1) is 15.2. The van der Waals surface area contributed by atoms with Gasteiger partial charge in [0.05, 0.1) is 10.0 Å². The molecule has 0 saturated heterocycles. The number of fused-ring (bicyclic) bond motifs is 1. The van der Waals surface area contributed by atoms with Crippen LogP contribution in [0.25, 0.3) is 0 Å².